The molecule has 1 saturated carbocycles. The molecule has 0 spiro atoms. The largest absolute Gasteiger partial charge is 0.375 e. The number of rotatable bonds is 7. The van der Waals surface area contributed by atoms with E-state index in [0.29, 0.717) is 25.7 Å². The molecule has 0 aromatic rings. The molecule has 0 bridgehead atoms. The summed E-state index contributed by atoms with van der Waals surface area (Å²) >= 11 is 0. The van der Waals surface area contributed by atoms with E-state index in [0.717, 1.165) is 31.6 Å². The molecule has 2 aliphatic rings. The molecule has 0 aromatic heterocycles. The quantitative estimate of drug-likeness (QED) is 0.712. The van der Waals surface area contributed by atoms with E-state index < -0.39 is 10.2 Å². The molecule has 0 radical (unpaired) electrons. The van der Waals surface area contributed by atoms with Crippen molar-refractivity contribution in [3.8, 4) is 0 Å². The van der Waals surface area contributed by atoms with Crippen LogP contribution in [0.1, 0.15) is 65.2 Å². The monoisotopic (exact) mass is 346 g/mol. The third kappa shape index (κ3) is 5.41. The van der Waals surface area contributed by atoms with Crippen molar-refractivity contribution in [2.75, 3.05) is 26.7 Å². The lowest BCUT2D eigenvalue weighted by atomic mass is 9.88. The molecule has 2 fully saturated rings. The van der Waals surface area contributed by atoms with Gasteiger partial charge in [0, 0.05) is 26.7 Å². The molecule has 0 N–H and O–H groups in total. The van der Waals surface area contributed by atoms with Gasteiger partial charge in [-0.25, -0.2) is 0 Å². The summed E-state index contributed by atoms with van der Waals surface area (Å²) in [4.78, 5) is 0. The van der Waals surface area contributed by atoms with Crippen LogP contribution in [0, 0.1) is 5.92 Å². The molecule has 2 rings (SSSR count). The van der Waals surface area contributed by atoms with Crippen molar-refractivity contribution in [2.24, 2.45) is 5.92 Å². The van der Waals surface area contributed by atoms with E-state index in [-0.39, 0.29) is 6.10 Å². The van der Waals surface area contributed by atoms with Crippen LogP contribution < -0.4 is 0 Å². The maximum absolute atomic E-state index is 12.5. The van der Waals surface area contributed by atoms with Crippen molar-refractivity contribution in [1.29, 1.82) is 0 Å². The molecule has 6 heteroatoms. The van der Waals surface area contributed by atoms with Crippen molar-refractivity contribution in [3.63, 3.8) is 0 Å². The Morgan fingerprint density at radius 3 is 2.17 bits per heavy atom. The number of nitrogens with zero attached hydrogens (tertiary/aromatic N) is 2. The number of hydrogen-bond acceptors (Lipinski definition) is 3. The number of ether oxygens (including phenoxy) is 1. The lowest BCUT2D eigenvalue weighted by Gasteiger charge is -2.36. The van der Waals surface area contributed by atoms with E-state index in [4.69, 9.17) is 4.74 Å². The fourth-order valence-corrected chi connectivity index (χ4v) is 4.96. The first kappa shape index (κ1) is 19.2. The second kappa shape index (κ2) is 8.79. The summed E-state index contributed by atoms with van der Waals surface area (Å²) < 4.78 is 34.4. The minimum Gasteiger partial charge on any atom is -0.375 e. The van der Waals surface area contributed by atoms with Crippen molar-refractivity contribution in [3.05, 3.63) is 0 Å². The maximum atomic E-state index is 12.5. The third-order valence-corrected chi connectivity index (χ3v) is 7.28. The van der Waals surface area contributed by atoms with Gasteiger partial charge in [0.25, 0.3) is 10.2 Å². The molecule has 0 aromatic carbocycles. The predicted molar refractivity (Wildman–Crippen MR) is 93.6 cm³/mol. The number of hydrogen-bond donors (Lipinski definition) is 0. The summed E-state index contributed by atoms with van der Waals surface area (Å²) in [7, 11) is -1.60. The van der Waals surface area contributed by atoms with Crippen LogP contribution in [0.4, 0.5) is 0 Å². The zero-order valence-corrected chi connectivity index (χ0v) is 15.9. The Balaban J connectivity index is 1.76. The van der Waals surface area contributed by atoms with Gasteiger partial charge in [0.05, 0.1) is 12.2 Å². The summed E-state index contributed by atoms with van der Waals surface area (Å²) in [6.07, 6.45) is 9.07. The van der Waals surface area contributed by atoms with E-state index in [9.17, 15) is 8.42 Å². The van der Waals surface area contributed by atoms with Crippen LogP contribution in [0.5, 0.6) is 0 Å². The van der Waals surface area contributed by atoms with Gasteiger partial charge in [0.15, 0.2) is 0 Å². The Hall–Kier alpha value is -0.170. The maximum Gasteiger partial charge on any atom is 0.281 e. The fraction of sp³-hybridized carbons (Fsp3) is 1.00. The Morgan fingerprint density at radius 2 is 1.61 bits per heavy atom. The van der Waals surface area contributed by atoms with Crippen LogP contribution in [0.3, 0.4) is 0 Å². The smallest absolute Gasteiger partial charge is 0.281 e. The Bertz CT molecular complexity index is 439. The van der Waals surface area contributed by atoms with Crippen molar-refractivity contribution >= 4 is 10.2 Å². The van der Waals surface area contributed by atoms with Gasteiger partial charge in [0.2, 0.25) is 0 Å². The average molecular weight is 347 g/mol. The van der Waals surface area contributed by atoms with Gasteiger partial charge in [-0.1, -0.05) is 20.3 Å². The SMILES string of the molecule is CCCCN(C)S(=O)(=O)N1CCC(OC2CCC(C)CC2)CC1. The molecule has 1 saturated heterocycles. The normalized spacial score (nSPS) is 28.3. The standard InChI is InChI=1S/C17H34N2O3S/c1-4-5-12-18(3)23(20,21)19-13-10-17(11-14-19)22-16-8-6-15(2)7-9-16/h15-17H,4-14H2,1-3H3. The molecule has 136 valence electrons. The number of unbranched alkanes of at least 4 members (excludes halogenated alkanes) is 1. The second-order valence-corrected chi connectivity index (χ2v) is 9.33. The van der Waals surface area contributed by atoms with Gasteiger partial charge in [-0.3, -0.25) is 0 Å². The highest BCUT2D eigenvalue weighted by Crippen LogP contribution is 2.28. The summed E-state index contributed by atoms with van der Waals surface area (Å²) in [5.41, 5.74) is 0. The predicted octanol–water partition coefficient (Wildman–Crippen LogP) is 3.02. The summed E-state index contributed by atoms with van der Waals surface area (Å²) in [6, 6.07) is 0. The van der Waals surface area contributed by atoms with Crippen LogP contribution in [-0.2, 0) is 14.9 Å². The van der Waals surface area contributed by atoms with Gasteiger partial charge in [-0.2, -0.15) is 17.0 Å². The van der Waals surface area contributed by atoms with Gasteiger partial charge in [0.1, 0.15) is 0 Å². The van der Waals surface area contributed by atoms with Crippen molar-refractivity contribution < 1.29 is 13.2 Å². The summed E-state index contributed by atoms with van der Waals surface area (Å²) in [5, 5.41) is 0. The number of piperidine rings is 1. The molecule has 1 aliphatic carbocycles. The minimum absolute atomic E-state index is 0.237. The third-order valence-electron chi connectivity index (χ3n) is 5.30. The zero-order valence-electron chi connectivity index (χ0n) is 15.0. The van der Waals surface area contributed by atoms with Gasteiger partial charge in [-0.15, -0.1) is 0 Å². The van der Waals surface area contributed by atoms with Crippen molar-refractivity contribution in [1.82, 2.24) is 8.61 Å². The average Bonchev–Trinajstić information content (AvgIpc) is 2.55. The van der Waals surface area contributed by atoms with E-state index in [1.807, 2.05) is 0 Å². The zero-order chi connectivity index (χ0) is 16.9. The van der Waals surface area contributed by atoms with Gasteiger partial charge in [-0.05, 0) is 50.9 Å². The lowest BCUT2D eigenvalue weighted by molar-refractivity contribution is -0.0535. The van der Waals surface area contributed by atoms with Gasteiger partial charge < -0.3 is 4.74 Å². The molecule has 1 heterocycles. The van der Waals surface area contributed by atoms with E-state index >= 15 is 0 Å². The molecule has 0 atom stereocenters. The van der Waals surface area contributed by atoms with Crippen LogP contribution >= 0.6 is 0 Å². The first-order valence-electron chi connectivity index (χ1n) is 9.30. The van der Waals surface area contributed by atoms with Crippen molar-refractivity contribution in [2.45, 2.75) is 77.4 Å². The topological polar surface area (TPSA) is 49.9 Å². The van der Waals surface area contributed by atoms with Crippen LogP contribution in [0.15, 0.2) is 0 Å². The van der Waals surface area contributed by atoms with Crippen LogP contribution in [-0.4, -0.2) is 55.9 Å². The molecule has 1 aliphatic heterocycles. The molecule has 5 nitrogen and oxygen atoms in total. The van der Waals surface area contributed by atoms with Crippen LogP contribution in [0.2, 0.25) is 0 Å². The van der Waals surface area contributed by atoms with Crippen LogP contribution in [0.25, 0.3) is 0 Å². The molecular formula is C17H34N2O3S. The molecule has 23 heavy (non-hydrogen) atoms. The Labute approximate surface area is 142 Å². The van der Waals surface area contributed by atoms with E-state index in [1.54, 1.807) is 11.4 Å². The Morgan fingerprint density at radius 1 is 1.04 bits per heavy atom. The highest BCUT2D eigenvalue weighted by Gasteiger charge is 2.32. The molecule has 0 amide bonds. The highest BCUT2D eigenvalue weighted by molar-refractivity contribution is 7.86. The minimum atomic E-state index is -3.29. The van der Waals surface area contributed by atoms with E-state index in [1.165, 1.54) is 30.0 Å². The summed E-state index contributed by atoms with van der Waals surface area (Å²) in [6.45, 7) is 6.18. The van der Waals surface area contributed by atoms with E-state index in [2.05, 4.69) is 13.8 Å². The summed E-state index contributed by atoms with van der Waals surface area (Å²) in [5.74, 6) is 0.834. The first-order chi connectivity index (χ1) is 10.9. The second-order valence-electron chi connectivity index (χ2n) is 7.30. The first-order valence-corrected chi connectivity index (χ1v) is 10.7. The molecule has 0 unspecified atom stereocenters. The van der Waals surface area contributed by atoms with Gasteiger partial charge >= 0.3 is 0 Å². The lowest BCUT2D eigenvalue weighted by Crippen LogP contribution is -2.47. The fourth-order valence-electron chi connectivity index (χ4n) is 3.53. The Kier molecular flexibility index (Phi) is 7.32. The molecular weight excluding hydrogens is 312 g/mol. The highest BCUT2D eigenvalue weighted by atomic mass is 32.2.